The zero-order chi connectivity index (χ0) is 20.9. The summed E-state index contributed by atoms with van der Waals surface area (Å²) < 4.78 is 35.7. The molecule has 0 radical (unpaired) electrons. The van der Waals surface area contributed by atoms with E-state index in [-0.39, 0.29) is 22.8 Å². The highest BCUT2D eigenvalue weighted by atomic mass is 19.1. The van der Waals surface area contributed by atoms with E-state index in [2.05, 4.69) is 5.16 Å². The van der Waals surface area contributed by atoms with Crippen LogP contribution in [0, 0.1) is 30.9 Å². The lowest BCUT2D eigenvalue weighted by molar-refractivity contribution is 0.234. The Hall–Kier alpha value is -3.72. The maximum Gasteiger partial charge on any atom is 0.167 e. The number of halogens is 2. The molecule has 148 valence electrons. The summed E-state index contributed by atoms with van der Waals surface area (Å²) in [6, 6.07) is 8.37. The van der Waals surface area contributed by atoms with Crippen LogP contribution >= 0.6 is 0 Å². The fraction of sp³-hybridized carbons (Fsp3) is 0.100. The van der Waals surface area contributed by atoms with Crippen molar-refractivity contribution in [2.45, 2.75) is 13.8 Å². The first-order valence-electron chi connectivity index (χ1n) is 8.59. The Kier molecular flexibility index (Phi) is 4.31. The van der Waals surface area contributed by atoms with Crippen LogP contribution in [0.15, 0.2) is 40.9 Å². The predicted octanol–water partition coefficient (Wildman–Crippen LogP) is 4.19. The Morgan fingerprint density at radius 2 is 1.90 bits per heavy atom. The van der Waals surface area contributed by atoms with Gasteiger partial charge in [0.05, 0.1) is 33.7 Å². The summed E-state index contributed by atoms with van der Waals surface area (Å²) in [5, 5.41) is 31.6. The number of hydroxylamine groups is 1. The molecule has 7 nitrogen and oxygen atoms in total. The van der Waals surface area contributed by atoms with Crippen molar-refractivity contribution in [2.24, 2.45) is 0 Å². The van der Waals surface area contributed by atoms with Gasteiger partial charge in [-0.1, -0.05) is 23.4 Å². The van der Waals surface area contributed by atoms with E-state index in [1.807, 2.05) is 5.48 Å². The van der Waals surface area contributed by atoms with Crippen LogP contribution < -0.4 is 5.48 Å². The van der Waals surface area contributed by atoms with Crippen LogP contribution in [0.5, 0.6) is 5.75 Å². The molecule has 0 aliphatic heterocycles. The number of aryl methyl sites for hydroxylation is 2. The van der Waals surface area contributed by atoms with Crippen molar-refractivity contribution in [3.05, 3.63) is 65.1 Å². The van der Waals surface area contributed by atoms with E-state index < -0.39 is 17.4 Å². The van der Waals surface area contributed by atoms with Crippen molar-refractivity contribution in [2.75, 3.05) is 0 Å². The van der Waals surface area contributed by atoms with Gasteiger partial charge in [-0.15, -0.1) is 0 Å². The number of phenolic OH excluding ortho intramolecular Hbond substituents is 1. The number of para-hydroxylation sites is 1. The topological polar surface area (TPSA) is 107 Å². The lowest BCUT2D eigenvalue weighted by Gasteiger charge is -2.14. The number of amidine groups is 1. The zero-order valence-electron chi connectivity index (χ0n) is 15.4. The lowest BCUT2D eigenvalue weighted by Crippen LogP contribution is -2.19. The molecule has 4 rings (SSSR count). The molecule has 2 aromatic heterocycles. The third-order valence-corrected chi connectivity index (χ3v) is 4.76. The van der Waals surface area contributed by atoms with Crippen LogP contribution in [0.2, 0.25) is 0 Å². The highest BCUT2D eigenvalue weighted by molar-refractivity contribution is 6.14. The van der Waals surface area contributed by atoms with Crippen molar-refractivity contribution < 1.29 is 23.6 Å². The first-order chi connectivity index (χ1) is 13.8. The van der Waals surface area contributed by atoms with Gasteiger partial charge in [-0.05, 0) is 19.9 Å². The molecule has 0 amide bonds. The van der Waals surface area contributed by atoms with E-state index in [9.17, 15) is 19.1 Å². The quantitative estimate of drug-likeness (QED) is 0.235. The second kappa shape index (κ2) is 6.71. The minimum atomic E-state index is -0.999. The number of benzene rings is 2. The number of hydrogen-bond donors (Lipinski definition) is 4. The number of phenols is 1. The average Bonchev–Trinajstić information content (AvgIpc) is 3.20. The van der Waals surface area contributed by atoms with E-state index in [0.717, 1.165) is 6.07 Å². The van der Waals surface area contributed by atoms with E-state index in [0.29, 0.717) is 34.0 Å². The smallest absolute Gasteiger partial charge is 0.167 e. The second-order valence-electron chi connectivity index (χ2n) is 6.52. The van der Waals surface area contributed by atoms with Gasteiger partial charge in [-0.3, -0.25) is 16.1 Å². The number of rotatable bonds is 3. The summed E-state index contributed by atoms with van der Waals surface area (Å²) in [7, 11) is 0. The average molecular weight is 398 g/mol. The largest absolute Gasteiger partial charge is 0.505 e. The summed E-state index contributed by atoms with van der Waals surface area (Å²) in [5.74, 6) is -2.62. The van der Waals surface area contributed by atoms with Crippen molar-refractivity contribution in [3.63, 3.8) is 0 Å². The van der Waals surface area contributed by atoms with Gasteiger partial charge < -0.3 is 14.2 Å². The summed E-state index contributed by atoms with van der Waals surface area (Å²) in [6.45, 7) is 3.34. The Morgan fingerprint density at radius 1 is 1.17 bits per heavy atom. The summed E-state index contributed by atoms with van der Waals surface area (Å²) in [5.41, 5.74) is 3.60. The van der Waals surface area contributed by atoms with Crippen LogP contribution in [0.4, 0.5) is 8.78 Å². The molecule has 9 heteroatoms. The van der Waals surface area contributed by atoms with E-state index >= 15 is 0 Å². The summed E-state index contributed by atoms with van der Waals surface area (Å²) >= 11 is 0. The molecular formula is C20H16F2N4O3. The first-order valence-corrected chi connectivity index (χ1v) is 8.59. The van der Waals surface area contributed by atoms with Crippen molar-refractivity contribution in [1.29, 1.82) is 5.41 Å². The molecule has 29 heavy (non-hydrogen) atoms. The van der Waals surface area contributed by atoms with Gasteiger partial charge in [0.15, 0.2) is 23.2 Å². The standard InChI is InChI=1S/C20H16F2N4O3/c1-9-17(10(2)29-25-9)19-18(20(23)24-28)11-5-3-4-6-14(11)26(19)15-7-13(22)16(27)8-12(15)21/h3-8,27-28H,1-2H3,(H2,23,24). The van der Waals surface area contributed by atoms with Gasteiger partial charge in [0.2, 0.25) is 0 Å². The normalized spacial score (nSPS) is 11.2. The van der Waals surface area contributed by atoms with Crippen LogP contribution in [0.25, 0.3) is 27.8 Å². The van der Waals surface area contributed by atoms with E-state index in [1.54, 1.807) is 38.1 Å². The highest BCUT2D eigenvalue weighted by Gasteiger charge is 2.28. The van der Waals surface area contributed by atoms with E-state index in [1.165, 1.54) is 4.57 Å². The van der Waals surface area contributed by atoms with Gasteiger partial charge >= 0.3 is 0 Å². The fourth-order valence-electron chi connectivity index (χ4n) is 3.55. The molecule has 0 spiro atoms. The maximum absolute atomic E-state index is 14.9. The monoisotopic (exact) mass is 398 g/mol. The highest BCUT2D eigenvalue weighted by Crippen LogP contribution is 2.40. The SMILES string of the molecule is Cc1noc(C)c1-c1c(C(=N)NO)c2ccccc2n1-c1cc(F)c(O)cc1F. The van der Waals surface area contributed by atoms with E-state index in [4.69, 9.17) is 9.93 Å². The van der Waals surface area contributed by atoms with Gasteiger partial charge in [0.25, 0.3) is 0 Å². The van der Waals surface area contributed by atoms with Crippen molar-refractivity contribution in [1.82, 2.24) is 15.2 Å². The number of fused-ring (bicyclic) bond motifs is 1. The summed E-state index contributed by atoms with van der Waals surface area (Å²) in [4.78, 5) is 0. The fourth-order valence-corrected chi connectivity index (χ4v) is 3.55. The molecule has 0 saturated heterocycles. The molecule has 0 fully saturated rings. The first kappa shape index (κ1) is 18.6. The van der Waals surface area contributed by atoms with Gasteiger partial charge in [0.1, 0.15) is 5.76 Å². The number of aromatic hydroxyl groups is 1. The Labute approximate surface area is 163 Å². The van der Waals surface area contributed by atoms with Crippen molar-refractivity contribution in [3.8, 4) is 22.7 Å². The van der Waals surface area contributed by atoms with Crippen LogP contribution in [0.1, 0.15) is 17.0 Å². The Morgan fingerprint density at radius 3 is 2.55 bits per heavy atom. The number of hydrogen-bond acceptors (Lipinski definition) is 5. The molecule has 4 aromatic rings. The molecule has 0 bridgehead atoms. The molecule has 0 saturated carbocycles. The molecule has 2 heterocycles. The minimum absolute atomic E-state index is 0.177. The number of aromatic nitrogens is 2. The Bertz CT molecular complexity index is 1260. The van der Waals surface area contributed by atoms with Gasteiger partial charge in [0, 0.05) is 17.5 Å². The van der Waals surface area contributed by atoms with Gasteiger partial charge in [-0.25, -0.2) is 8.78 Å². The lowest BCUT2D eigenvalue weighted by atomic mass is 10.0. The molecule has 0 unspecified atom stereocenters. The molecule has 0 aliphatic carbocycles. The zero-order valence-corrected chi connectivity index (χ0v) is 15.4. The minimum Gasteiger partial charge on any atom is -0.505 e. The predicted molar refractivity (Wildman–Crippen MR) is 102 cm³/mol. The molecule has 0 aliphatic rings. The molecule has 4 N–H and O–H groups in total. The van der Waals surface area contributed by atoms with Crippen LogP contribution in [0.3, 0.4) is 0 Å². The summed E-state index contributed by atoms with van der Waals surface area (Å²) in [6.07, 6.45) is 0. The maximum atomic E-state index is 14.9. The molecule has 2 aromatic carbocycles. The Balaban J connectivity index is 2.25. The third kappa shape index (κ3) is 2.74. The third-order valence-electron chi connectivity index (χ3n) is 4.76. The molecular weight excluding hydrogens is 382 g/mol. The van der Waals surface area contributed by atoms with Crippen molar-refractivity contribution >= 4 is 16.7 Å². The number of nitrogens with zero attached hydrogens (tertiary/aromatic N) is 2. The molecule has 0 atom stereocenters. The van der Waals surface area contributed by atoms with Crippen LogP contribution in [-0.2, 0) is 0 Å². The number of nitrogens with one attached hydrogen (secondary N) is 2. The van der Waals surface area contributed by atoms with Crippen LogP contribution in [-0.4, -0.2) is 25.9 Å². The second-order valence-corrected chi connectivity index (χ2v) is 6.52. The van der Waals surface area contributed by atoms with Gasteiger partial charge in [-0.2, -0.15) is 0 Å².